The minimum atomic E-state index is 0.246. The van der Waals surface area contributed by atoms with Crippen molar-refractivity contribution in [3.63, 3.8) is 0 Å². The maximum absolute atomic E-state index is 6.06. The summed E-state index contributed by atoms with van der Waals surface area (Å²) >= 11 is 9.65. The second-order valence-electron chi connectivity index (χ2n) is 5.33. The molecular formula is C16H24BrClO. The van der Waals surface area contributed by atoms with E-state index in [1.54, 1.807) is 0 Å². The smallest absolute Gasteiger partial charge is 0.122 e. The summed E-state index contributed by atoms with van der Waals surface area (Å²) in [6, 6.07) is 5.81. The van der Waals surface area contributed by atoms with Crippen molar-refractivity contribution in [3.8, 4) is 5.75 Å². The molecule has 1 aromatic rings. The molecule has 108 valence electrons. The van der Waals surface area contributed by atoms with Crippen LogP contribution in [0.3, 0.4) is 0 Å². The Balaban J connectivity index is 2.74. The topological polar surface area (TPSA) is 9.23 Å². The average Bonchev–Trinajstić information content (AvgIpc) is 2.38. The lowest BCUT2D eigenvalue weighted by molar-refractivity contribution is 0.144. The van der Waals surface area contributed by atoms with E-state index in [0.29, 0.717) is 0 Å². The van der Waals surface area contributed by atoms with Crippen LogP contribution in [0.5, 0.6) is 5.75 Å². The van der Waals surface area contributed by atoms with E-state index >= 15 is 0 Å². The average molecular weight is 348 g/mol. The van der Waals surface area contributed by atoms with Gasteiger partial charge < -0.3 is 4.74 Å². The van der Waals surface area contributed by atoms with Crippen molar-refractivity contribution >= 4 is 27.5 Å². The zero-order valence-electron chi connectivity index (χ0n) is 12.1. The van der Waals surface area contributed by atoms with Crippen LogP contribution >= 0.6 is 27.5 Å². The molecule has 19 heavy (non-hydrogen) atoms. The highest BCUT2D eigenvalue weighted by molar-refractivity contribution is 9.09. The van der Waals surface area contributed by atoms with Gasteiger partial charge in [0.1, 0.15) is 5.75 Å². The zero-order valence-corrected chi connectivity index (χ0v) is 14.5. The Morgan fingerprint density at radius 3 is 2.32 bits per heavy atom. The van der Waals surface area contributed by atoms with Gasteiger partial charge in [-0.05, 0) is 43.5 Å². The molecule has 0 atom stereocenters. The first-order valence-electron chi connectivity index (χ1n) is 7.02. The van der Waals surface area contributed by atoms with Crippen LogP contribution in [0.15, 0.2) is 18.2 Å². The van der Waals surface area contributed by atoms with E-state index < -0.39 is 0 Å². The molecule has 0 amide bonds. The Morgan fingerprint density at radius 1 is 1.21 bits per heavy atom. The molecule has 0 aliphatic carbocycles. The van der Waals surface area contributed by atoms with Gasteiger partial charge in [0.25, 0.3) is 0 Å². The van der Waals surface area contributed by atoms with E-state index in [9.17, 15) is 0 Å². The van der Waals surface area contributed by atoms with Gasteiger partial charge in [0.2, 0.25) is 0 Å². The fourth-order valence-corrected chi connectivity index (χ4v) is 3.46. The summed E-state index contributed by atoms with van der Waals surface area (Å²) < 4.78 is 6.06. The number of alkyl halides is 1. The molecule has 0 N–H and O–H groups in total. The number of hydrogen-bond acceptors (Lipinski definition) is 1. The number of benzene rings is 1. The molecule has 0 radical (unpaired) electrons. The molecule has 1 aromatic carbocycles. The van der Waals surface area contributed by atoms with Gasteiger partial charge in [-0.3, -0.25) is 0 Å². The van der Waals surface area contributed by atoms with Crippen molar-refractivity contribution in [1.82, 2.24) is 0 Å². The third kappa shape index (κ3) is 5.00. The summed E-state index contributed by atoms with van der Waals surface area (Å²) in [4.78, 5) is 0. The minimum absolute atomic E-state index is 0.246. The van der Waals surface area contributed by atoms with Gasteiger partial charge in [-0.2, -0.15) is 0 Å². The monoisotopic (exact) mass is 346 g/mol. The molecule has 0 fully saturated rings. The number of ether oxygens (including phenoxy) is 1. The van der Waals surface area contributed by atoms with Gasteiger partial charge in [0.05, 0.1) is 6.61 Å². The molecule has 0 unspecified atom stereocenters. The minimum Gasteiger partial charge on any atom is -0.493 e. The summed E-state index contributed by atoms with van der Waals surface area (Å²) in [5, 5.41) is 1.76. The summed E-state index contributed by atoms with van der Waals surface area (Å²) in [5.74, 6) is 0.946. The highest BCUT2D eigenvalue weighted by Crippen LogP contribution is 2.33. The third-order valence-electron chi connectivity index (χ3n) is 3.51. The predicted octanol–water partition coefficient (Wildman–Crippen LogP) is 6.01. The predicted molar refractivity (Wildman–Crippen MR) is 87.7 cm³/mol. The molecule has 0 heterocycles. The van der Waals surface area contributed by atoms with Gasteiger partial charge in [-0.1, -0.05) is 54.2 Å². The lowest BCUT2D eigenvalue weighted by atomic mass is 9.82. The summed E-state index contributed by atoms with van der Waals surface area (Å²) in [5.41, 5.74) is 1.35. The summed E-state index contributed by atoms with van der Waals surface area (Å²) in [7, 11) is 0. The molecule has 0 saturated heterocycles. The standard InChI is InChI=1S/C16H24BrClO/c1-4-8-16(11-17,9-5-2)12-19-15-7-6-14(18)10-13(15)3/h6-7,10H,4-5,8-9,11-12H2,1-3H3. The lowest BCUT2D eigenvalue weighted by Crippen LogP contribution is -2.30. The quantitative estimate of drug-likeness (QED) is 0.523. The van der Waals surface area contributed by atoms with Crippen molar-refractivity contribution < 1.29 is 4.74 Å². The molecule has 1 nitrogen and oxygen atoms in total. The molecule has 0 aliphatic rings. The van der Waals surface area contributed by atoms with Crippen LogP contribution in [-0.4, -0.2) is 11.9 Å². The SMILES string of the molecule is CCCC(CBr)(CCC)COc1ccc(Cl)cc1C. The molecule has 0 aliphatic heterocycles. The second kappa shape index (κ2) is 8.16. The Bertz CT molecular complexity index is 386. The Kier molecular flexibility index (Phi) is 7.23. The van der Waals surface area contributed by atoms with Crippen LogP contribution in [0.4, 0.5) is 0 Å². The van der Waals surface area contributed by atoms with Crippen LogP contribution in [0, 0.1) is 12.3 Å². The van der Waals surface area contributed by atoms with Crippen molar-refractivity contribution in [2.45, 2.75) is 46.5 Å². The van der Waals surface area contributed by atoms with E-state index in [2.05, 4.69) is 29.8 Å². The fraction of sp³-hybridized carbons (Fsp3) is 0.625. The van der Waals surface area contributed by atoms with Crippen molar-refractivity contribution in [2.75, 3.05) is 11.9 Å². The molecule has 3 heteroatoms. The fourth-order valence-electron chi connectivity index (χ4n) is 2.51. The van der Waals surface area contributed by atoms with Crippen LogP contribution in [0.25, 0.3) is 0 Å². The first-order valence-corrected chi connectivity index (χ1v) is 8.51. The Hall–Kier alpha value is -0.210. The van der Waals surface area contributed by atoms with E-state index in [1.807, 2.05) is 25.1 Å². The van der Waals surface area contributed by atoms with Crippen LogP contribution in [0.2, 0.25) is 5.02 Å². The second-order valence-corrected chi connectivity index (χ2v) is 6.33. The highest BCUT2D eigenvalue weighted by Gasteiger charge is 2.28. The first kappa shape index (κ1) is 16.8. The Labute approximate surface area is 130 Å². The van der Waals surface area contributed by atoms with E-state index in [-0.39, 0.29) is 5.41 Å². The van der Waals surface area contributed by atoms with Gasteiger partial charge in [-0.25, -0.2) is 0 Å². The maximum atomic E-state index is 6.06. The molecule has 1 rings (SSSR count). The van der Waals surface area contributed by atoms with Crippen LogP contribution in [0.1, 0.15) is 45.1 Å². The van der Waals surface area contributed by atoms with Crippen molar-refractivity contribution in [3.05, 3.63) is 28.8 Å². The maximum Gasteiger partial charge on any atom is 0.122 e. The summed E-state index contributed by atoms with van der Waals surface area (Å²) in [6.07, 6.45) is 4.76. The van der Waals surface area contributed by atoms with Crippen LogP contribution < -0.4 is 4.74 Å². The zero-order chi connectivity index (χ0) is 14.3. The van der Waals surface area contributed by atoms with Crippen molar-refractivity contribution in [1.29, 1.82) is 0 Å². The molecule has 0 saturated carbocycles. The largest absolute Gasteiger partial charge is 0.493 e. The van der Waals surface area contributed by atoms with Gasteiger partial charge in [0, 0.05) is 15.8 Å². The van der Waals surface area contributed by atoms with E-state index in [0.717, 1.165) is 28.3 Å². The van der Waals surface area contributed by atoms with Gasteiger partial charge in [-0.15, -0.1) is 0 Å². The van der Waals surface area contributed by atoms with E-state index in [1.165, 1.54) is 25.7 Å². The molecular weight excluding hydrogens is 324 g/mol. The summed E-state index contributed by atoms with van der Waals surface area (Å²) in [6.45, 7) is 7.28. The molecule has 0 aromatic heterocycles. The Morgan fingerprint density at radius 2 is 1.84 bits per heavy atom. The third-order valence-corrected chi connectivity index (χ3v) is 4.94. The lowest BCUT2D eigenvalue weighted by Gasteiger charge is -2.31. The first-order chi connectivity index (χ1) is 9.06. The normalized spacial score (nSPS) is 11.6. The molecule has 0 spiro atoms. The molecule has 0 bridgehead atoms. The highest BCUT2D eigenvalue weighted by atomic mass is 79.9. The number of aryl methyl sites for hydroxylation is 1. The van der Waals surface area contributed by atoms with Gasteiger partial charge >= 0.3 is 0 Å². The van der Waals surface area contributed by atoms with E-state index in [4.69, 9.17) is 16.3 Å². The number of hydrogen-bond donors (Lipinski definition) is 0. The van der Waals surface area contributed by atoms with Gasteiger partial charge in [0.15, 0.2) is 0 Å². The number of halogens is 2. The van der Waals surface area contributed by atoms with Crippen molar-refractivity contribution in [2.24, 2.45) is 5.41 Å². The van der Waals surface area contributed by atoms with Crippen LogP contribution in [-0.2, 0) is 0 Å². The number of rotatable bonds is 8.